The normalized spacial score (nSPS) is 12.4. The first-order valence-corrected chi connectivity index (χ1v) is 7.16. The van der Waals surface area contributed by atoms with Crippen LogP contribution in [0.5, 0.6) is 5.75 Å². The fraction of sp³-hybridized carbons (Fsp3) is 0.278. The zero-order chi connectivity index (χ0) is 16.5. The minimum Gasteiger partial charge on any atom is -0.481 e. The summed E-state index contributed by atoms with van der Waals surface area (Å²) >= 11 is 0. The summed E-state index contributed by atoms with van der Waals surface area (Å²) in [4.78, 5) is 12.2. The molecule has 118 valence electrons. The summed E-state index contributed by atoms with van der Waals surface area (Å²) in [6.45, 7) is 11.1. The number of amides is 1. The molecule has 0 heterocycles. The number of rotatable bonds is 8. The molecule has 22 heavy (non-hydrogen) atoms. The number of carbonyl (C=O) groups excluding carboxylic acids is 1. The average Bonchev–Trinajstić information content (AvgIpc) is 2.52. The molecule has 1 aromatic rings. The summed E-state index contributed by atoms with van der Waals surface area (Å²) in [5.41, 5.74) is 1.34. The molecule has 1 N–H and O–H groups in total. The predicted octanol–water partition coefficient (Wildman–Crippen LogP) is 3.71. The van der Waals surface area contributed by atoms with Crippen LogP contribution in [0.1, 0.15) is 18.9 Å². The van der Waals surface area contributed by atoms with Gasteiger partial charge in [-0.15, -0.1) is 0 Å². The van der Waals surface area contributed by atoms with E-state index >= 15 is 0 Å². The number of ether oxygens (including phenoxy) is 1. The van der Waals surface area contributed by atoms with E-state index < -0.39 is 6.10 Å². The van der Waals surface area contributed by atoms with Crippen molar-refractivity contribution in [2.75, 3.05) is 6.54 Å². The molecule has 0 saturated carbocycles. The molecule has 0 bridgehead atoms. The van der Waals surface area contributed by atoms with Crippen molar-refractivity contribution in [2.24, 2.45) is 0 Å². The second-order valence-electron chi connectivity index (χ2n) is 4.82. The number of aryl methyl sites for hydroxylation is 1. The van der Waals surface area contributed by atoms with Gasteiger partial charge in [-0.25, -0.2) is 4.39 Å². The van der Waals surface area contributed by atoms with Crippen LogP contribution in [0.3, 0.4) is 0 Å². The van der Waals surface area contributed by atoms with Gasteiger partial charge in [0.05, 0.1) is 0 Å². The van der Waals surface area contributed by atoms with E-state index in [1.54, 1.807) is 31.2 Å². The minimum absolute atomic E-state index is 0.221. The van der Waals surface area contributed by atoms with E-state index in [1.807, 2.05) is 6.92 Å². The summed E-state index contributed by atoms with van der Waals surface area (Å²) < 4.78 is 18.9. The van der Waals surface area contributed by atoms with Crippen LogP contribution in [-0.4, -0.2) is 18.6 Å². The summed E-state index contributed by atoms with van der Waals surface area (Å²) in [6.07, 6.45) is 4.96. The zero-order valence-electron chi connectivity index (χ0n) is 13.1. The Hall–Kier alpha value is -2.36. The molecule has 1 atom stereocenters. The first kappa shape index (κ1) is 17.7. The van der Waals surface area contributed by atoms with Gasteiger partial charge in [-0.3, -0.25) is 4.79 Å². The molecule has 1 aromatic carbocycles. The van der Waals surface area contributed by atoms with Gasteiger partial charge < -0.3 is 10.1 Å². The molecule has 4 heteroatoms. The van der Waals surface area contributed by atoms with Gasteiger partial charge in [-0.05, 0) is 42.7 Å². The number of nitrogens with one attached hydrogen (secondary N) is 1. The van der Waals surface area contributed by atoms with Crippen LogP contribution in [0.15, 0.2) is 55.2 Å². The lowest BCUT2D eigenvalue weighted by molar-refractivity contribution is -0.127. The van der Waals surface area contributed by atoms with E-state index in [0.717, 1.165) is 5.57 Å². The van der Waals surface area contributed by atoms with Crippen LogP contribution >= 0.6 is 0 Å². The van der Waals surface area contributed by atoms with Crippen molar-refractivity contribution in [3.8, 4) is 5.75 Å². The Bertz CT molecular complexity index is 578. The van der Waals surface area contributed by atoms with Crippen molar-refractivity contribution in [1.82, 2.24) is 5.32 Å². The molecule has 0 aliphatic rings. The fourth-order valence-electron chi connectivity index (χ4n) is 1.83. The Kier molecular flexibility index (Phi) is 7.09. The minimum atomic E-state index is -0.625. The molecule has 0 aliphatic heterocycles. The third-order valence-corrected chi connectivity index (χ3v) is 3.13. The third-order valence-electron chi connectivity index (χ3n) is 3.13. The van der Waals surface area contributed by atoms with Crippen LogP contribution in [0, 0.1) is 12.7 Å². The van der Waals surface area contributed by atoms with Gasteiger partial charge in [0, 0.05) is 6.54 Å². The van der Waals surface area contributed by atoms with Crippen molar-refractivity contribution in [1.29, 1.82) is 0 Å². The first-order valence-electron chi connectivity index (χ1n) is 7.16. The highest BCUT2D eigenvalue weighted by Crippen LogP contribution is 2.18. The fourth-order valence-corrected chi connectivity index (χ4v) is 1.83. The molecular formula is C18H22FNO2. The van der Waals surface area contributed by atoms with E-state index in [9.17, 15) is 9.18 Å². The summed E-state index contributed by atoms with van der Waals surface area (Å²) in [7, 11) is 0. The molecule has 0 aromatic heterocycles. The van der Waals surface area contributed by atoms with E-state index in [-0.39, 0.29) is 11.7 Å². The largest absolute Gasteiger partial charge is 0.481 e. The molecule has 0 aliphatic carbocycles. The van der Waals surface area contributed by atoms with Gasteiger partial charge in [0.1, 0.15) is 11.6 Å². The number of halogens is 1. The number of hydrogen-bond acceptors (Lipinski definition) is 2. The van der Waals surface area contributed by atoms with E-state index in [2.05, 4.69) is 18.5 Å². The maximum atomic E-state index is 13.2. The lowest BCUT2D eigenvalue weighted by Crippen LogP contribution is -2.38. The lowest BCUT2D eigenvalue weighted by Gasteiger charge is -2.18. The Morgan fingerprint density at radius 1 is 1.45 bits per heavy atom. The number of benzene rings is 1. The topological polar surface area (TPSA) is 38.3 Å². The molecule has 3 nitrogen and oxygen atoms in total. The number of carbonyl (C=O) groups is 1. The summed E-state index contributed by atoms with van der Waals surface area (Å²) in [5, 5.41) is 2.79. The Labute approximate surface area is 131 Å². The van der Waals surface area contributed by atoms with Gasteiger partial charge in [0.15, 0.2) is 6.10 Å². The van der Waals surface area contributed by atoms with E-state index in [4.69, 9.17) is 4.74 Å². The molecule has 0 unspecified atom stereocenters. The van der Waals surface area contributed by atoms with Crippen LogP contribution < -0.4 is 10.1 Å². The maximum absolute atomic E-state index is 13.2. The van der Waals surface area contributed by atoms with Crippen molar-refractivity contribution in [3.63, 3.8) is 0 Å². The van der Waals surface area contributed by atoms with Crippen molar-refractivity contribution >= 4 is 5.91 Å². The average molecular weight is 303 g/mol. The zero-order valence-corrected chi connectivity index (χ0v) is 13.1. The van der Waals surface area contributed by atoms with Gasteiger partial charge in [-0.2, -0.15) is 0 Å². The highest BCUT2D eigenvalue weighted by Gasteiger charge is 2.18. The molecule has 0 radical (unpaired) electrons. The van der Waals surface area contributed by atoms with Crippen molar-refractivity contribution in [2.45, 2.75) is 26.4 Å². The monoisotopic (exact) mass is 303 g/mol. The van der Waals surface area contributed by atoms with Gasteiger partial charge in [0.2, 0.25) is 0 Å². The van der Waals surface area contributed by atoms with Crippen LogP contribution in [-0.2, 0) is 4.79 Å². The van der Waals surface area contributed by atoms with Crippen LogP contribution in [0.4, 0.5) is 4.39 Å². The van der Waals surface area contributed by atoms with Crippen LogP contribution in [0.2, 0.25) is 0 Å². The van der Waals surface area contributed by atoms with Gasteiger partial charge in [0.25, 0.3) is 5.91 Å². The van der Waals surface area contributed by atoms with E-state index in [1.165, 1.54) is 12.1 Å². The molecular weight excluding hydrogens is 281 g/mol. The molecule has 1 rings (SSSR count). The molecule has 0 fully saturated rings. The highest BCUT2D eigenvalue weighted by atomic mass is 19.1. The molecule has 0 spiro atoms. The quantitative estimate of drug-likeness (QED) is 0.744. The van der Waals surface area contributed by atoms with Crippen molar-refractivity contribution < 1.29 is 13.9 Å². The number of allylic oxidation sites excluding steroid dienone is 2. The lowest BCUT2D eigenvalue weighted by atomic mass is 10.2. The number of hydrogen-bond donors (Lipinski definition) is 1. The Morgan fingerprint density at radius 2 is 2.18 bits per heavy atom. The standard InChI is InChI=1S/C18H22FNO2/c1-5-8-14(6-2)12-20-18(21)17(7-3)22-15-9-10-16(19)13(4)11-15/h5-6,8-11,17H,1-2,7,12H2,3-4H3,(H,20,21)/b14-8+/t17-/m0/s1. The first-order chi connectivity index (χ1) is 10.5. The smallest absolute Gasteiger partial charge is 0.261 e. The Morgan fingerprint density at radius 3 is 2.73 bits per heavy atom. The molecule has 0 saturated heterocycles. The third kappa shape index (κ3) is 5.20. The second-order valence-corrected chi connectivity index (χ2v) is 4.82. The second kappa shape index (κ2) is 8.82. The Balaban J connectivity index is 2.68. The summed E-state index contributed by atoms with van der Waals surface area (Å²) in [6, 6.07) is 4.43. The highest BCUT2D eigenvalue weighted by molar-refractivity contribution is 5.81. The van der Waals surface area contributed by atoms with Crippen LogP contribution in [0.25, 0.3) is 0 Å². The van der Waals surface area contributed by atoms with Gasteiger partial charge in [-0.1, -0.05) is 38.3 Å². The van der Waals surface area contributed by atoms with Crippen molar-refractivity contribution in [3.05, 3.63) is 66.5 Å². The summed E-state index contributed by atoms with van der Waals surface area (Å²) in [5.74, 6) is -0.0391. The maximum Gasteiger partial charge on any atom is 0.261 e. The van der Waals surface area contributed by atoms with Gasteiger partial charge >= 0.3 is 0 Å². The molecule has 1 amide bonds. The van der Waals surface area contributed by atoms with E-state index in [0.29, 0.717) is 24.3 Å². The predicted molar refractivity (Wildman–Crippen MR) is 87.3 cm³/mol. The SMILES string of the molecule is C=C/C=C(\C=C)CNC(=O)[C@H](CC)Oc1ccc(F)c(C)c1.